The van der Waals surface area contributed by atoms with Crippen LogP contribution in [-0.4, -0.2) is 59.9 Å². The van der Waals surface area contributed by atoms with Crippen LogP contribution in [0.5, 0.6) is 0 Å². The lowest BCUT2D eigenvalue weighted by molar-refractivity contribution is -0.161. The molecule has 0 saturated carbocycles. The minimum Gasteiger partial charge on any atom is -0.480 e. The second-order valence-corrected chi connectivity index (χ2v) is 16.6. The molecule has 0 spiro atoms. The monoisotopic (exact) mass is 804 g/mol. The Balaban J connectivity index is 4.35. The van der Waals surface area contributed by atoms with E-state index in [1.807, 2.05) is 6.08 Å². The molecular weight excluding hydrogens is 721 g/mol. The van der Waals surface area contributed by atoms with E-state index in [9.17, 15) is 23.8 Å². The fourth-order valence-corrected chi connectivity index (χ4v) is 7.04. The Hall–Kier alpha value is -1.78. The zero-order valence-corrected chi connectivity index (χ0v) is 35.9. The van der Waals surface area contributed by atoms with Gasteiger partial charge in [-0.3, -0.25) is 23.4 Å². The van der Waals surface area contributed by atoms with Crippen LogP contribution in [0.4, 0.5) is 0 Å². The minimum atomic E-state index is -4.72. The topological polar surface area (TPSA) is 172 Å². The highest BCUT2D eigenvalue weighted by molar-refractivity contribution is 7.47. The number of carboxylic acids is 1. The molecule has 0 bridgehead atoms. The Kier molecular flexibility index (Phi) is 37.8. The maximum Gasteiger partial charge on any atom is 0.472 e. The molecule has 0 fully saturated rings. The predicted octanol–water partition coefficient (Wildman–Crippen LogP) is 11.7. The van der Waals surface area contributed by atoms with Crippen molar-refractivity contribution in [2.24, 2.45) is 5.73 Å². The van der Waals surface area contributed by atoms with E-state index in [4.69, 9.17) is 24.8 Å². The number of carbonyl (C=O) groups excluding carboxylic acids is 2. The molecule has 0 heterocycles. The predicted molar refractivity (Wildman–Crippen MR) is 222 cm³/mol. The molecule has 12 heteroatoms. The molecule has 0 radical (unpaired) electrons. The van der Waals surface area contributed by atoms with Gasteiger partial charge in [-0.05, 0) is 25.7 Å². The van der Waals surface area contributed by atoms with Gasteiger partial charge in [0.05, 0.1) is 13.2 Å². The summed E-state index contributed by atoms with van der Waals surface area (Å²) in [5.74, 6) is -2.42. The van der Waals surface area contributed by atoms with Crippen LogP contribution in [-0.2, 0) is 37.5 Å². The zero-order chi connectivity index (χ0) is 40.7. The quantitative estimate of drug-likeness (QED) is 0.0232. The van der Waals surface area contributed by atoms with E-state index in [-0.39, 0.29) is 19.4 Å². The number of phosphoric acid groups is 1. The van der Waals surface area contributed by atoms with E-state index in [1.54, 1.807) is 0 Å². The minimum absolute atomic E-state index is 0.0825. The second kappa shape index (κ2) is 39.1. The summed E-state index contributed by atoms with van der Waals surface area (Å²) in [7, 11) is -4.72. The maximum absolute atomic E-state index is 12.6. The summed E-state index contributed by atoms with van der Waals surface area (Å²) < 4.78 is 32.6. The highest BCUT2D eigenvalue weighted by atomic mass is 31.2. The summed E-state index contributed by atoms with van der Waals surface area (Å²) in [6.07, 6.45) is 38.6. The van der Waals surface area contributed by atoms with Gasteiger partial charge in [0.2, 0.25) is 0 Å². The summed E-state index contributed by atoms with van der Waals surface area (Å²) in [5, 5.41) is 8.88. The van der Waals surface area contributed by atoms with Crippen LogP contribution < -0.4 is 5.73 Å². The average molecular weight is 804 g/mol. The van der Waals surface area contributed by atoms with Crippen molar-refractivity contribution in [2.75, 3.05) is 19.8 Å². The Morgan fingerprint density at radius 2 is 0.945 bits per heavy atom. The summed E-state index contributed by atoms with van der Waals surface area (Å²) >= 11 is 0. The van der Waals surface area contributed by atoms with Crippen molar-refractivity contribution in [2.45, 2.75) is 225 Å². The van der Waals surface area contributed by atoms with Gasteiger partial charge in [-0.2, -0.15) is 0 Å². The molecule has 0 rings (SSSR count). The van der Waals surface area contributed by atoms with E-state index >= 15 is 0 Å². The first-order valence-corrected chi connectivity index (χ1v) is 23.7. The van der Waals surface area contributed by atoms with Crippen molar-refractivity contribution in [3.05, 3.63) is 12.2 Å². The van der Waals surface area contributed by atoms with E-state index in [0.717, 1.165) is 32.1 Å². The smallest absolute Gasteiger partial charge is 0.472 e. The third-order valence-electron chi connectivity index (χ3n) is 9.78. The molecule has 0 saturated heterocycles. The van der Waals surface area contributed by atoms with Gasteiger partial charge in [0.1, 0.15) is 12.6 Å². The molecule has 1 unspecified atom stereocenters. The molecule has 0 aliphatic carbocycles. The highest BCUT2D eigenvalue weighted by Crippen LogP contribution is 2.43. The van der Waals surface area contributed by atoms with Gasteiger partial charge in [-0.15, -0.1) is 0 Å². The van der Waals surface area contributed by atoms with E-state index in [2.05, 4.69) is 24.4 Å². The number of nitrogens with two attached hydrogens (primary N) is 1. The summed E-state index contributed by atoms with van der Waals surface area (Å²) in [6.45, 7) is 2.79. The number of unbranched alkanes of at least 4 members (excludes halogenated alkanes) is 26. The van der Waals surface area contributed by atoms with Crippen LogP contribution in [0, 0.1) is 0 Å². The molecule has 0 amide bonds. The van der Waals surface area contributed by atoms with Gasteiger partial charge in [0, 0.05) is 12.8 Å². The number of hydrogen-bond donors (Lipinski definition) is 3. The van der Waals surface area contributed by atoms with Gasteiger partial charge in [-0.1, -0.05) is 187 Å². The molecule has 0 aliphatic rings. The van der Waals surface area contributed by atoms with Crippen LogP contribution >= 0.6 is 7.82 Å². The molecule has 3 atom stereocenters. The largest absolute Gasteiger partial charge is 0.480 e. The first-order chi connectivity index (χ1) is 26.6. The number of carbonyl (C=O) groups is 3. The summed E-state index contributed by atoms with van der Waals surface area (Å²) in [4.78, 5) is 45.9. The Labute approximate surface area is 335 Å². The number of phosphoric ester groups is 1. The lowest BCUT2D eigenvalue weighted by atomic mass is 10.0. The fourth-order valence-electron chi connectivity index (χ4n) is 6.26. The Morgan fingerprint density at radius 3 is 1.40 bits per heavy atom. The number of hydrogen-bond acceptors (Lipinski definition) is 9. The van der Waals surface area contributed by atoms with Crippen molar-refractivity contribution in [3.8, 4) is 0 Å². The van der Waals surface area contributed by atoms with E-state index in [1.165, 1.54) is 141 Å². The van der Waals surface area contributed by atoms with Crippen molar-refractivity contribution in [1.82, 2.24) is 0 Å². The number of allylic oxidation sites excluding steroid dienone is 2. The van der Waals surface area contributed by atoms with Crippen LogP contribution in [0.3, 0.4) is 0 Å². The zero-order valence-electron chi connectivity index (χ0n) is 35.0. The van der Waals surface area contributed by atoms with Crippen LogP contribution in [0.25, 0.3) is 0 Å². The Morgan fingerprint density at radius 1 is 0.545 bits per heavy atom. The molecule has 0 aliphatic heterocycles. The highest BCUT2D eigenvalue weighted by Gasteiger charge is 2.28. The summed E-state index contributed by atoms with van der Waals surface area (Å²) in [6, 6.07) is -1.52. The van der Waals surface area contributed by atoms with Crippen LogP contribution in [0.15, 0.2) is 12.2 Å². The SMILES string of the molecule is CCCCCCCCCCCCC/C=C/CCC(=O)O[C@H](COC(=O)CCCCCCCCCCCCCCCCCC)COP(=O)(O)OC[C@H](N)C(=O)O. The molecule has 4 N–H and O–H groups in total. The molecule has 0 aromatic rings. The van der Waals surface area contributed by atoms with Crippen molar-refractivity contribution in [1.29, 1.82) is 0 Å². The molecule has 324 valence electrons. The number of aliphatic carboxylic acids is 1. The van der Waals surface area contributed by atoms with Crippen molar-refractivity contribution >= 4 is 25.7 Å². The van der Waals surface area contributed by atoms with E-state index < -0.39 is 51.1 Å². The van der Waals surface area contributed by atoms with Crippen LogP contribution in [0.2, 0.25) is 0 Å². The molecular formula is C43H82NO10P. The van der Waals surface area contributed by atoms with Gasteiger partial charge in [0.15, 0.2) is 6.10 Å². The third-order valence-corrected chi connectivity index (χ3v) is 10.7. The standard InChI is InChI=1S/C43H82NO10P/c1-3-5-7-9-11-13-15-17-19-21-22-24-26-28-30-32-34-41(45)51-36-39(37-52-55(49,50)53-38-40(44)43(47)48)54-42(46)35-33-31-29-27-25-23-20-18-16-14-12-10-8-6-4-2/h29,31,39-40H,3-28,30,32-38,44H2,1-2H3,(H,47,48)(H,49,50)/b31-29+/t39-,40+/m1/s1. The number of carboxylic acid groups (broad SMARTS) is 1. The van der Waals surface area contributed by atoms with Crippen molar-refractivity contribution in [3.63, 3.8) is 0 Å². The summed E-state index contributed by atoms with van der Waals surface area (Å²) in [5.41, 5.74) is 5.33. The molecule has 0 aromatic heterocycles. The van der Waals surface area contributed by atoms with E-state index in [0.29, 0.717) is 12.8 Å². The lowest BCUT2D eigenvalue weighted by Crippen LogP contribution is -2.34. The normalized spacial score (nSPS) is 13.8. The number of ether oxygens (including phenoxy) is 2. The molecule has 11 nitrogen and oxygen atoms in total. The number of esters is 2. The second-order valence-electron chi connectivity index (χ2n) is 15.2. The lowest BCUT2D eigenvalue weighted by Gasteiger charge is -2.20. The van der Waals surface area contributed by atoms with Crippen LogP contribution in [0.1, 0.15) is 213 Å². The van der Waals surface area contributed by atoms with Gasteiger partial charge in [-0.25, -0.2) is 4.57 Å². The maximum atomic E-state index is 12.6. The third kappa shape index (κ3) is 38.9. The first kappa shape index (κ1) is 53.2. The van der Waals surface area contributed by atoms with Gasteiger partial charge >= 0.3 is 25.7 Å². The van der Waals surface area contributed by atoms with Gasteiger partial charge in [0.25, 0.3) is 0 Å². The average Bonchev–Trinajstić information content (AvgIpc) is 3.16. The fraction of sp³-hybridized carbons (Fsp3) is 0.884. The Bertz CT molecular complexity index is 995. The number of rotatable bonds is 42. The molecule has 55 heavy (non-hydrogen) atoms. The van der Waals surface area contributed by atoms with Gasteiger partial charge < -0.3 is 25.2 Å². The van der Waals surface area contributed by atoms with Crippen molar-refractivity contribution < 1.29 is 47.5 Å². The first-order valence-electron chi connectivity index (χ1n) is 22.2. The molecule has 0 aromatic carbocycles.